The number of hydrogen-bond donors (Lipinski definition) is 0. The van der Waals surface area contributed by atoms with Gasteiger partial charge in [-0.05, 0) is 144 Å². The highest BCUT2D eigenvalue weighted by atomic mass is 16.2. The van der Waals surface area contributed by atoms with Crippen molar-refractivity contribution in [1.29, 1.82) is 5.26 Å². The van der Waals surface area contributed by atoms with E-state index in [1.54, 1.807) is 36.4 Å². The van der Waals surface area contributed by atoms with Crippen molar-refractivity contribution >= 4 is 82.9 Å². The monoisotopic (exact) mass is 909 g/mol. The van der Waals surface area contributed by atoms with Gasteiger partial charge in [0.25, 0.3) is 11.8 Å². The highest BCUT2D eigenvalue weighted by Gasteiger charge is 2.38. The van der Waals surface area contributed by atoms with E-state index in [9.17, 15) is 14.9 Å². The molecule has 13 aromatic rings. The molecule has 0 aliphatic carbocycles. The first kappa shape index (κ1) is 40.3. The van der Waals surface area contributed by atoms with Gasteiger partial charge >= 0.3 is 0 Å². The fourth-order valence-corrected chi connectivity index (χ4v) is 11.1. The van der Waals surface area contributed by atoms with Crippen molar-refractivity contribution < 1.29 is 9.59 Å². The average Bonchev–Trinajstić information content (AvgIpc) is 4.12. The first-order valence-corrected chi connectivity index (χ1v) is 23.7. The lowest BCUT2D eigenvalue weighted by Crippen LogP contribution is -2.30. The lowest BCUT2D eigenvalue weighted by Gasteiger charge is -2.18. The third-order valence-electron chi connectivity index (χ3n) is 14.5. The summed E-state index contributed by atoms with van der Waals surface area (Å²) in [4.78, 5) is 28.9. The van der Waals surface area contributed by atoms with Crippen LogP contribution in [-0.4, -0.2) is 25.5 Å². The van der Waals surface area contributed by atoms with Gasteiger partial charge in [-0.15, -0.1) is 0 Å². The first-order chi connectivity index (χ1) is 34.9. The Labute approximate surface area is 407 Å². The van der Waals surface area contributed by atoms with E-state index in [0.717, 1.165) is 88.1 Å². The van der Waals surface area contributed by atoms with E-state index in [1.165, 1.54) is 27.1 Å². The van der Waals surface area contributed by atoms with Gasteiger partial charge in [0, 0.05) is 49.4 Å². The molecular formula is C64H39N5O2. The normalized spacial score (nSPS) is 12.6. The van der Waals surface area contributed by atoms with Crippen LogP contribution in [0.15, 0.2) is 218 Å². The molecule has 7 heteroatoms. The summed E-state index contributed by atoms with van der Waals surface area (Å²) in [5.41, 5.74) is 16.1. The standard InChI is InChI=1S/C64H39N5O2/c1-39-19-26-46(27-20-39)67-57-18-10-8-14-49(57)53-34-41(23-30-59(53)67)43-25-32-61-55(36-43)54-35-42(40-22-29-58-52(33-40)48-13-7-9-17-56(48)66(58)45-11-3-2-4-12-45)24-31-60(54)68(61)47-28-21-44(38-65)62(37-47)69-63(70)50-15-5-6-16-51(50)64(69)71/h2-37H,1H3. The molecule has 4 heterocycles. The van der Waals surface area contributed by atoms with Gasteiger partial charge in [-0.2, -0.15) is 5.26 Å². The minimum Gasteiger partial charge on any atom is -0.309 e. The molecule has 10 aromatic carbocycles. The molecule has 7 nitrogen and oxygen atoms in total. The minimum atomic E-state index is -0.446. The maximum absolute atomic E-state index is 13.9. The van der Waals surface area contributed by atoms with Gasteiger partial charge in [0.2, 0.25) is 0 Å². The van der Waals surface area contributed by atoms with Crippen LogP contribution in [0.3, 0.4) is 0 Å². The average molecular weight is 910 g/mol. The number of aryl methyl sites for hydroxylation is 1. The zero-order valence-electron chi connectivity index (χ0n) is 38.3. The molecule has 0 unspecified atom stereocenters. The van der Waals surface area contributed by atoms with Crippen molar-refractivity contribution in [1.82, 2.24) is 13.7 Å². The van der Waals surface area contributed by atoms with Crippen LogP contribution >= 0.6 is 0 Å². The Morgan fingerprint density at radius 3 is 1.21 bits per heavy atom. The maximum atomic E-state index is 13.9. The second-order valence-electron chi connectivity index (χ2n) is 18.4. The lowest BCUT2D eigenvalue weighted by atomic mass is 9.98. The second kappa shape index (κ2) is 15.4. The molecule has 0 bridgehead atoms. The number of amides is 2. The molecule has 1 aliphatic rings. The summed E-state index contributed by atoms with van der Waals surface area (Å²) in [5, 5.41) is 17.2. The fourth-order valence-electron chi connectivity index (χ4n) is 11.1. The number of carbonyl (C=O) groups excluding carboxylic acids is 2. The van der Waals surface area contributed by atoms with E-state index in [2.05, 4.69) is 197 Å². The Hall–Kier alpha value is -9.77. The number of fused-ring (bicyclic) bond motifs is 10. The van der Waals surface area contributed by atoms with Crippen LogP contribution in [0.2, 0.25) is 0 Å². The van der Waals surface area contributed by atoms with Crippen molar-refractivity contribution in [3.05, 3.63) is 241 Å². The van der Waals surface area contributed by atoms with Crippen LogP contribution in [0.25, 0.3) is 105 Å². The fraction of sp³-hybridized carbons (Fsp3) is 0.0156. The van der Waals surface area contributed by atoms with E-state index >= 15 is 0 Å². The van der Waals surface area contributed by atoms with E-state index in [4.69, 9.17) is 0 Å². The number of nitriles is 1. The SMILES string of the molecule is Cc1ccc(-n2c3ccccc3c3cc(-c4ccc5c(c4)c4cc(-c6ccc7c(c6)c6ccccc6n7-c6ccccc6)ccc4n5-c4ccc(C#N)c(N5C(=O)c6ccccc6C5=O)c4)ccc32)cc1. The number of hydrogen-bond acceptors (Lipinski definition) is 3. The highest BCUT2D eigenvalue weighted by Crippen LogP contribution is 2.42. The molecule has 2 amide bonds. The summed E-state index contributed by atoms with van der Waals surface area (Å²) in [6.07, 6.45) is 0. The van der Waals surface area contributed by atoms with Crippen molar-refractivity contribution in [3.8, 4) is 45.4 Å². The molecule has 0 saturated carbocycles. The van der Waals surface area contributed by atoms with Gasteiger partial charge in [0.05, 0.1) is 55.5 Å². The first-order valence-electron chi connectivity index (χ1n) is 23.7. The van der Waals surface area contributed by atoms with Crippen LogP contribution in [0, 0.1) is 18.3 Å². The highest BCUT2D eigenvalue weighted by molar-refractivity contribution is 6.35. The molecule has 1 aliphatic heterocycles. The van der Waals surface area contributed by atoms with Crippen LogP contribution < -0.4 is 4.90 Å². The summed E-state index contributed by atoms with van der Waals surface area (Å²) in [5.74, 6) is -0.892. The van der Waals surface area contributed by atoms with Crippen LogP contribution in [-0.2, 0) is 0 Å². The van der Waals surface area contributed by atoms with Gasteiger partial charge in [-0.1, -0.05) is 109 Å². The number of carbonyl (C=O) groups is 2. The number of anilines is 1. The Bertz CT molecular complexity index is 4430. The molecule has 0 radical (unpaired) electrons. The van der Waals surface area contributed by atoms with Crippen LogP contribution in [0.5, 0.6) is 0 Å². The number of aromatic nitrogens is 3. The van der Waals surface area contributed by atoms with E-state index < -0.39 is 11.8 Å². The number of imide groups is 1. The predicted molar refractivity (Wildman–Crippen MR) is 287 cm³/mol. The summed E-state index contributed by atoms with van der Waals surface area (Å²) < 4.78 is 6.85. The van der Waals surface area contributed by atoms with Gasteiger partial charge in [0.15, 0.2) is 0 Å². The lowest BCUT2D eigenvalue weighted by molar-refractivity contribution is 0.0926. The van der Waals surface area contributed by atoms with Gasteiger partial charge in [-0.3, -0.25) is 9.59 Å². The zero-order chi connectivity index (χ0) is 47.5. The molecule has 0 atom stereocenters. The van der Waals surface area contributed by atoms with Crippen molar-refractivity contribution in [2.45, 2.75) is 6.92 Å². The quantitative estimate of drug-likeness (QED) is 0.156. The summed E-state index contributed by atoms with van der Waals surface area (Å²) >= 11 is 0. The summed E-state index contributed by atoms with van der Waals surface area (Å²) in [6, 6.07) is 77.6. The molecule has 0 fully saturated rings. The topological polar surface area (TPSA) is 76.0 Å². The maximum Gasteiger partial charge on any atom is 0.266 e. The molecule has 0 spiro atoms. The molecule has 3 aromatic heterocycles. The summed E-state index contributed by atoms with van der Waals surface area (Å²) in [6.45, 7) is 2.11. The molecule has 71 heavy (non-hydrogen) atoms. The molecule has 332 valence electrons. The molecule has 0 saturated heterocycles. The number of para-hydroxylation sites is 3. The van der Waals surface area contributed by atoms with Gasteiger partial charge in [0.1, 0.15) is 6.07 Å². The van der Waals surface area contributed by atoms with Crippen LogP contribution in [0.4, 0.5) is 5.69 Å². The number of benzene rings is 10. The Balaban J connectivity index is 0.972. The Morgan fingerprint density at radius 1 is 0.352 bits per heavy atom. The molecule has 14 rings (SSSR count). The molecular weight excluding hydrogens is 871 g/mol. The third kappa shape index (κ3) is 6.02. The zero-order valence-corrected chi connectivity index (χ0v) is 38.3. The summed E-state index contributed by atoms with van der Waals surface area (Å²) in [7, 11) is 0. The van der Waals surface area contributed by atoms with Crippen molar-refractivity contribution in [2.24, 2.45) is 0 Å². The van der Waals surface area contributed by atoms with Crippen molar-refractivity contribution in [2.75, 3.05) is 4.90 Å². The Kier molecular flexibility index (Phi) is 8.73. The third-order valence-corrected chi connectivity index (χ3v) is 14.5. The second-order valence-corrected chi connectivity index (χ2v) is 18.4. The smallest absolute Gasteiger partial charge is 0.266 e. The van der Waals surface area contributed by atoms with Crippen LogP contribution in [0.1, 0.15) is 31.8 Å². The predicted octanol–water partition coefficient (Wildman–Crippen LogP) is 15.3. The number of rotatable bonds is 6. The van der Waals surface area contributed by atoms with E-state index in [1.807, 2.05) is 12.1 Å². The molecule has 0 N–H and O–H groups in total. The van der Waals surface area contributed by atoms with Gasteiger partial charge in [-0.25, -0.2) is 4.90 Å². The van der Waals surface area contributed by atoms with E-state index in [-0.39, 0.29) is 11.3 Å². The van der Waals surface area contributed by atoms with Crippen molar-refractivity contribution in [3.63, 3.8) is 0 Å². The largest absolute Gasteiger partial charge is 0.309 e. The Morgan fingerprint density at radius 2 is 0.732 bits per heavy atom. The minimum absolute atomic E-state index is 0.233. The van der Waals surface area contributed by atoms with Gasteiger partial charge < -0.3 is 13.7 Å². The number of nitrogens with zero attached hydrogens (tertiary/aromatic N) is 5. The van der Waals surface area contributed by atoms with E-state index in [0.29, 0.717) is 11.1 Å².